The lowest BCUT2D eigenvalue weighted by Crippen LogP contribution is -2.14. The van der Waals surface area contributed by atoms with Crippen LogP contribution >= 0.6 is 0 Å². The minimum absolute atomic E-state index is 0.113. The third kappa shape index (κ3) is 4.27. The van der Waals surface area contributed by atoms with E-state index in [1.54, 1.807) is 18.2 Å². The highest BCUT2D eigenvalue weighted by Crippen LogP contribution is 2.36. The lowest BCUT2D eigenvalue weighted by atomic mass is 10.3. The van der Waals surface area contributed by atoms with Crippen molar-refractivity contribution >= 4 is 21.4 Å². The number of nitrogens with zero attached hydrogens (tertiary/aromatic N) is 1. The van der Waals surface area contributed by atoms with Crippen LogP contribution in [0.2, 0.25) is 0 Å². The van der Waals surface area contributed by atoms with Gasteiger partial charge in [-0.1, -0.05) is 18.7 Å². The van der Waals surface area contributed by atoms with E-state index in [9.17, 15) is 18.5 Å². The van der Waals surface area contributed by atoms with Crippen molar-refractivity contribution in [2.75, 3.05) is 18.4 Å². The Bertz CT molecular complexity index is 878. The molecule has 25 heavy (non-hydrogen) atoms. The predicted octanol–water partition coefficient (Wildman–Crippen LogP) is 2.97. The second-order valence-corrected chi connectivity index (χ2v) is 6.48. The standard InChI is InChI=1S/C16H16N2O6S/c1-3-11-24-15-6-4-5-14(16(15)23-2)17-25(21,22)13-9-7-12(8-10-13)18(19)20/h3-10,17H,1,11H2,2H3. The van der Waals surface area contributed by atoms with Crippen molar-refractivity contribution in [3.05, 3.63) is 65.2 Å². The minimum atomic E-state index is -3.95. The van der Waals surface area contributed by atoms with Crippen molar-refractivity contribution in [2.24, 2.45) is 0 Å². The highest BCUT2D eigenvalue weighted by molar-refractivity contribution is 7.92. The van der Waals surface area contributed by atoms with Crippen molar-refractivity contribution in [3.8, 4) is 11.5 Å². The Morgan fingerprint density at radius 3 is 2.48 bits per heavy atom. The number of sulfonamides is 1. The van der Waals surface area contributed by atoms with E-state index < -0.39 is 14.9 Å². The smallest absolute Gasteiger partial charge is 0.269 e. The van der Waals surface area contributed by atoms with Crippen molar-refractivity contribution in [1.29, 1.82) is 0 Å². The topological polar surface area (TPSA) is 108 Å². The number of methoxy groups -OCH3 is 1. The molecule has 9 heteroatoms. The molecular weight excluding hydrogens is 348 g/mol. The zero-order valence-corrected chi connectivity index (χ0v) is 14.2. The van der Waals surface area contributed by atoms with Gasteiger partial charge in [0, 0.05) is 12.1 Å². The quantitative estimate of drug-likeness (QED) is 0.438. The van der Waals surface area contributed by atoms with Crippen molar-refractivity contribution in [1.82, 2.24) is 0 Å². The first-order valence-corrected chi connectivity index (χ1v) is 8.55. The molecule has 0 aliphatic heterocycles. The molecule has 2 rings (SSSR count). The number of anilines is 1. The highest BCUT2D eigenvalue weighted by Gasteiger charge is 2.19. The third-order valence-corrected chi connectivity index (χ3v) is 4.52. The summed E-state index contributed by atoms with van der Waals surface area (Å²) in [6.45, 7) is 3.78. The molecular formula is C16H16N2O6S. The Morgan fingerprint density at radius 1 is 1.24 bits per heavy atom. The molecule has 0 aliphatic rings. The number of benzene rings is 2. The summed E-state index contributed by atoms with van der Waals surface area (Å²) in [7, 11) is -2.57. The number of rotatable bonds is 8. The normalized spacial score (nSPS) is 10.8. The number of hydrogen-bond donors (Lipinski definition) is 1. The maximum atomic E-state index is 12.5. The van der Waals surface area contributed by atoms with Gasteiger partial charge >= 0.3 is 0 Å². The fraction of sp³-hybridized carbons (Fsp3) is 0.125. The summed E-state index contributed by atoms with van der Waals surface area (Å²) in [5, 5.41) is 10.7. The van der Waals surface area contributed by atoms with E-state index in [1.165, 1.54) is 13.2 Å². The molecule has 132 valence electrons. The lowest BCUT2D eigenvalue weighted by Gasteiger charge is -2.15. The minimum Gasteiger partial charge on any atom is -0.491 e. The highest BCUT2D eigenvalue weighted by atomic mass is 32.2. The molecule has 0 aliphatic carbocycles. The maximum Gasteiger partial charge on any atom is 0.269 e. The van der Waals surface area contributed by atoms with E-state index in [4.69, 9.17) is 9.47 Å². The first kappa shape index (κ1) is 18.3. The van der Waals surface area contributed by atoms with Crippen LogP contribution in [0, 0.1) is 10.1 Å². The predicted molar refractivity (Wildman–Crippen MR) is 92.6 cm³/mol. The Labute approximate surface area is 144 Å². The van der Waals surface area contributed by atoms with Gasteiger partial charge in [-0.2, -0.15) is 0 Å². The van der Waals surface area contributed by atoms with Crippen LogP contribution in [0.3, 0.4) is 0 Å². The van der Waals surface area contributed by atoms with Crippen molar-refractivity contribution in [2.45, 2.75) is 4.90 Å². The number of nitro benzene ring substituents is 1. The first-order valence-electron chi connectivity index (χ1n) is 7.07. The molecule has 0 saturated carbocycles. The number of nitrogens with one attached hydrogen (secondary N) is 1. The van der Waals surface area contributed by atoms with Crippen LogP contribution in [0.5, 0.6) is 11.5 Å². The third-order valence-electron chi connectivity index (χ3n) is 3.14. The van der Waals surface area contributed by atoms with E-state index in [0.29, 0.717) is 5.75 Å². The molecule has 0 amide bonds. The zero-order valence-electron chi connectivity index (χ0n) is 13.3. The molecule has 1 N–H and O–H groups in total. The number of hydrogen-bond acceptors (Lipinski definition) is 6. The maximum absolute atomic E-state index is 12.5. The van der Waals surface area contributed by atoms with E-state index in [2.05, 4.69) is 11.3 Å². The van der Waals surface area contributed by atoms with Crippen molar-refractivity contribution in [3.63, 3.8) is 0 Å². The SMILES string of the molecule is C=CCOc1cccc(NS(=O)(=O)c2ccc([N+](=O)[O-])cc2)c1OC. The molecule has 0 unspecified atom stereocenters. The fourth-order valence-electron chi connectivity index (χ4n) is 2.02. The Kier molecular flexibility index (Phi) is 5.60. The van der Waals surface area contributed by atoms with Gasteiger partial charge < -0.3 is 9.47 Å². The molecule has 0 aromatic heterocycles. The zero-order chi connectivity index (χ0) is 18.4. The summed E-state index contributed by atoms with van der Waals surface area (Å²) in [4.78, 5) is 9.95. The summed E-state index contributed by atoms with van der Waals surface area (Å²) < 4.78 is 38.0. The second-order valence-electron chi connectivity index (χ2n) is 4.79. The number of para-hydroxylation sites is 1. The lowest BCUT2D eigenvalue weighted by molar-refractivity contribution is -0.384. The van der Waals surface area contributed by atoms with Crippen molar-refractivity contribution < 1.29 is 22.8 Å². The van der Waals surface area contributed by atoms with Crippen LogP contribution in [0.1, 0.15) is 0 Å². The average molecular weight is 364 g/mol. The van der Waals surface area contributed by atoms with Gasteiger partial charge in [0.15, 0.2) is 11.5 Å². The van der Waals surface area contributed by atoms with Gasteiger partial charge in [0.25, 0.3) is 15.7 Å². The second kappa shape index (κ2) is 7.67. The molecule has 0 radical (unpaired) electrons. The number of ether oxygens (including phenoxy) is 2. The largest absolute Gasteiger partial charge is 0.491 e. The molecule has 2 aromatic carbocycles. The summed E-state index contributed by atoms with van der Waals surface area (Å²) in [5.41, 5.74) is -0.0150. The van der Waals surface area contributed by atoms with Crippen LogP contribution in [0.4, 0.5) is 11.4 Å². The van der Waals surface area contributed by atoms with Crippen LogP contribution in [-0.2, 0) is 10.0 Å². The van der Waals surface area contributed by atoms with Gasteiger partial charge in [-0.3, -0.25) is 14.8 Å². The number of non-ortho nitro benzene ring substituents is 1. The summed E-state index contributed by atoms with van der Waals surface area (Å²) in [5.74, 6) is 0.570. The van der Waals surface area contributed by atoms with Crippen LogP contribution in [0.15, 0.2) is 60.0 Å². The van der Waals surface area contributed by atoms with Gasteiger partial charge in [-0.05, 0) is 24.3 Å². The molecule has 0 fully saturated rings. The molecule has 0 atom stereocenters. The van der Waals surface area contributed by atoms with Gasteiger partial charge in [0.2, 0.25) is 0 Å². The first-order chi connectivity index (χ1) is 11.9. The van der Waals surface area contributed by atoms with Gasteiger partial charge in [-0.25, -0.2) is 8.42 Å². The molecule has 8 nitrogen and oxygen atoms in total. The molecule has 2 aromatic rings. The molecule has 0 spiro atoms. The van der Waals surface area contributed by atoms with Crippen LogP contribution < -0.4 is 14.2 Å². The average Bonchev–Trinajstić information content (AvgIpc) is 2.59. The fourth-order valence-corrected chi connectivity index (χ4v) is 3.08. The van der Waals surface area contributed by atoms with E-state index in [1.807, 2.05) is 0 Å². The molecule has 0 heterocycles. The Balaban J connectivity index is 2.33. The number of nitro groups is 1. The molecule has 0 saturated heterocycles. The summed E-state index contributed by atoms with van der Waals surface area (Å²) >= 11 is 0. The van der Waals surface area contributed by atoms with E-state index >= 15 is 0 Å². The van der Waals surface area contributed by atoms with Gasteiger partial charge in [0.05, 0.1) is 22.6 Å². The summed E-state index contributed by atoms with van der Waals surface area (Å²) in [6.07, 6.45) is 1.55. The van der Waals surface area contributed by atoms with Gasteiger partial charge in [-0.15, -0.1) is 0 Å². The Hall–Kier alpha value is -3.07. The van der Waals surface area contributed by atoms with Crippen LogP contribution in [-0.4, -0.2) is 27.1 Å². The van der Waals surface area contributed by atoms with Gasteiger partial charge in [0.1, 0.15) is 6.61 Å². The summed E-state index contributed by atoms with van der Waals surface area (Å²) in [6, 6.07) is 9.31. The monoisotopic (exact) mass is 364 g/mol. The van der Waals surface area contributed by atoms with Crippen LogP contribution in [0.25, 0.3) is 0 Å². The van der Waals surface area contributed by atoms with E-state index in [0.717, 1.165) is 24.3 Å². The molecule has 0 bridgehead atoms. The van der Waals surface area contributed by atoms with E-state index in [-0.39, 0.29) is 28.6 Å². The Morgan fingerprint density at radius 2 is 1.92 bits per heavy atom.